The van der Waals surface area contributed by atoms with Gasteiger partial charge in [-0.25, -0.2) is 18.0 Å². The van der Waals surface area contributed by atoms with E-state index in [1.54, 1.807) is 20.8 Å². The van der Waals surface area contributed by atoms with Gasteiger partial charge >= 0.3 is 12.1 Å². The molecule has 1 atom stereocenters. The third-order valence-electron chi connectivity index (χ3n) is 7.35. The van der Waals surface area contributed by atoms with Crippen LogP contribution in [0.15, 0.2) is 36.2 Å². The van der Waals surface area contributed by atoms with Crippen molar-refractivity contribution in [1.29, 1.82) is 0 Å². The number of likely N-dealkylation sites (tertiary alicyclic amines) is 1. The van der Waals surface area contributed by atoms with Crippen molar-refractivity contribution >= 4 is 55.0 Å². The second-order valence-electron chi connectivity index (χ2n) is 12.0. The van der Waals surface area contributed by atoms with Crippen molar-refractivity contribution in [2.75, 3.05) is 39.2 Å². The quantitative estimate of drug-likeness (QED) is 0.225. The van der Waals surface area contributed by atoms with Gasteiger partial charge in [0.15, 0.2) is 5.82 Å². The van der Waals surface area contributed by atoms with Crippen molar-refractivity contribution in [3.63, 3.8) is 0 Å². The summed E-state index contributed by atoms with van der Waals surface area (Å²) in [6.45, 7) is 8.36. The Morgan fingerprint density at radius 1 is 1.20 bits per heavy atom. The Labute approximate surface area is 261 Å². The van der Waals surface area contributed by atoms with Crippen molar-refractivity contribution in [2.24, 2.45) is 5.41 Å². The van der Waals surface area contributed by atoms with Gasteiger partial charge in [0.2, 0.25) is 5.88 Å². The van der Waals surface area contributed by atoms with E-state index in [1.165, 1.54) is 42.7 Å². The van der Waals surface area contributed by atoms with Gasteiger partial charge in [0.1, 0.15) is 23.5 Å². The molecule has 1 amide bonds. The number of aromatic nitrogens is 2. The summed E-state index contributed by atoms with van der Waals surface area (Å²) in [5.74, 6) is -1.63. The molecular formula is C31H32ClF3N4O4S. The zero-order chi connectivity index (χ0) is 32.0. The van der Waals surface area contributed by atoms with E-state index in [-0.39, 0.29) is 45.5 Å². The third-order valence-corrected chi connectivity index (χ3v) is 8.67. The number of hydrogen-bond donors (Lipinski definition) is 1. The van der Waals surface area contributed by atoms with Crippen LogP contribution >= 0.6 is 22.9 Å². The number of ether oxygens (including phenoxy) is 3. The topological polar surface area (TPSA) is 85.8 Å². The summed E-state index contributed by atoms with van der Waals surface area (Å²) in [4.78, 5) is 23.0. The van der Waals surface area contributed by atoms with Gasteiger partial charge in [-0.2, -0.15) is 9.97 Å². The Bertz CT molecular complexity index is 1790. The molecule has 13 heteroatoms. The van der Waals surface area contributed by atoms with Crippen LogP contribution in [-0.2, 0) is 4.74 Å². The average Bonchev–Trinajstić information content (AvgIpc) is 3.34. The Morgan fingerprint density at radius 2 is 1.95 bits per heavy atom. The minimum Gasteiger partial charge on any atom is -0.480 e. The molecule has 0 saturated carbocycles. The van der Waals surface area contributed by atoms with E-state index >= 15 is 8.78 Å². The van der Waals surface area contributed by atoms with E-state index in [2.05, 4.69) is 20.2 Å². The highest BCUT2D eigenvalue weighted by Crippen LogP contribution is 2.45. The minimum absolute atomic E-state index is 0.00239. The molecule has 2 aromatic carbocycles. The smallest absolute Gasteiger partial charge is 0.412 e. The summed E-state index contributed by atoms with van der Waals surface area (Å²) in [6.07, 6.45) is 0.473. The van der Waals surface area contributed by atoms with Crippen molar-refractivity contribution in [3.8, 4) is 23.0 Å². The van der Waals surface area contributed by atoms with E-state index in [4.69, 9.17) is 25.8 Å². The van der Waals surface area contributed by atoms with E-state index in [0.717, 1.165) is 0 Å². The average molecular weight is 649 g/mol. The van der Waals surface area contributed by atoms with Gasteiger partial charge in [0.25, 0.3) is 0 Å². The lowest BCUT2D eigenvalue weighted by molar-refractivity contribution is 0.0636. The first-order valence-corrected chi connectivity index (χ1v) is 15.0. The Morgan fingerprint density at radius 3 is 2.64 bits per heavy atom. The number of amides is 1. The van der Waals surface area contributed by atoms with E-state index < -0.39 is 28.7 Å². The Kier molecular flexibility index (Phi) is 8.71. The van der Waals surface area contributed by atoms with Gasteiger partial charge in [0, 0.05) is 39.7 Å². The predicted octanol–water partition coefficient (Wildman–Crippen LogP) is 8.37. The molecule has 1 N–H and O–H groups in total. The monoisotopic (exact) mass is 648 g/mol. The molecule has 1 aliphatic heterocycles. The molecule has 0 radical (unpaired) electrons. The minimum atomic E-state index is -0.912. The summed E-state index contributed by atoms with van der Waals surface area (Å²) in [7, 11) is 3.30. The van der Waals surface area contributed by atoms with Crippen molar-refractivity contribution in [1.82, 2.24) is 14.9 Å². The molecule has 44 heavy (non-hydrogen) atoms. The number of rotatable bonds is 6. The molecule has 3 heterocycles. The van der Waals surface area contributed by atoms with Crippen LogP contribution in [0.2, 0.25) is 5.02 Å². The number of piperidine rings is 1. The van der Waals surface area contributed by atoms with Crippen LogP contribution in [0.4, 0.5) is 23.0 Å². The van der Waals surface area contributed by atoms with E-state index in [9.17, 15) is 9.18 Å². The van der Waals surface area contributed by atoms with Crippen molar-refractivity contribution < 1.29 is 32.2 Å². The van der Waals surface area contributed by atoms with Crippen LogP contribution in [0.1, 0.15) is 34.1 Å². The lowest BCUT2D eigenvalue weighted by Crippen LogP contribution is -2.44. The second-order valence-corrected chi connectivity index (χ2v) is 13.5. The number of carbonyl (C=O) groups is 1. The lowest BCUT2D eigenvalue weighted by Gasteiger charge is -2.40. The zero-order valence-electron chi connectivity index (χ0n) is 25.1. The van der Waals surface area contributed by atoms with Gasteiger partial charge in [-0.15, -0.1) is 11.3 Å². The largest absolute Gasteiger partial charge is 0.480 e. The summed E-state index contributed by atoms with van der Waals surface area (Å²) in [5, 5.41) is 3.41. The number of anilines is 1. The summed E-state index contributed by atoms with van der Waals surface area (Å²) < 4.78 is 62.9. The van der Waals surface area contributed by atoms with Crippen molar-refractivity contribution in [3.05, 3.63) is 52.8 Å². The normalized spacial score (nSPS) is 18.6. The first-order chi connectivity index (χ1) is 20.7. The maximum Gasteiger partial charge on any atom is 0.412 e. The molecule has 2 aromatic heterocycles. The van der Waals surface area contributed by atoms with Gasteiger partial charge in [-0.1, -0.05) is 18.5 Å². The molecule has 5 rings (SSSR count). The number of benzene rings is 2. The lowest BCUT2D eigenvalue weighted by atomic mass is 9.78. The number of carbonyl (C=O) groups excluding carboxylic acids is 1. The molecular weight excluding hydrogens is 617 g/mol. The molecule has 1 saturated heterocycles. The highest BCUT2D eigenvalue weighted by atomic mass is 35.5. The number of methoxy groups -OCH3 is 1. The predicted molar refractivity (Wildman–Crippen MR) is 167 cm³/mol. The molecule has 0 bridgehead atoms. The second kappa shape index (κ2) is 12.1. The van der Waals surface area contributed by atoms with Crippen LogP contribution in [0, 0.1) is 17.0 Å². The third kappa shape index (κ3) is 6.29. The van der Waals surface area contributed by atoms with Crippen molar-refractivity contribution in [2.45, 2.75) is 39.7 Å². The summed E-state index contributed by atoms with van der Waals surface area (Å²) in [5.41, 5.74) is -1.31. The first-order valence-electron chi connectivity index (χ1n) is 13.8. The van der Waals surface area contributed by atoms with Crippen LogP contribution < -0.4 is 14.8 Å². The zero-order valence-corrected chi connectivity index (χ0v) is 26.7. The van der Waals surface area contributed by atoms with Crippen LogP contribution in [0.5, 0.6) is 11.9 Å². The molecule has 1 fully saturated rings. The van der Waals surface area contributed by atoms with Gasteiger partial charge in [-0.05, 0) is 64.1 Å². The van der Waals surface area contributed by atoms with E-state index in [0.29, 0.717) is 46.5 Å². The van der Waals surface area contributed by atoms with Gasteiger partial charge < -0.3 is 19.1 Å². The van der Waals surface area contributed by atoms with E-state index in [1.807, 2.05) is 14.0 Å². The first kappa shape index (κ1) is 31.8. The number of hydrogen-bond acceptors (Lipinski definition) is 8. The fourth-order valence-corrected chi connectivity index (χ4v) is 6.58. The highest BCUT2D eigenvalue weighted by molar-refractivity contribution is 7.23. The summed E-state index contributed by atoms with van der Waals surface area (Å²) >= 11 is 7.76. The number of nitrogens with zero attached hydrogens (tertiary/aromatic N) is 3. The molecule has 0 aliphatic carbocycles. The molecule has 234 valence electrons. The SMILES string of the molecule is COc1nc(OC[C@]2(C)CN(C)CC/C2=C\F)nc2c(F)c(-c3c(F)ccc4sc(NC(=O)OC(C)(C)C)cc34)c(Cl)cc12. The van der Waals surface area contributed by atoms with Crippen LogP contribution in [-0.4, -0.2) is 60.4 Å². The summed E-state index contributed by atoms with van der Waals surface area (Å²) in [6, 6.07) is 5.50. The fraction of sp³-hybridized carbons (Fsp3) is 0.387. The Balaban J connectivity index is 1.57. The maximum atomic E-state index is 16.5. The van der Waals surface area contributed by atoms with Gasteiger partial charge in [-0.3, -0.25) is 5.32 Å². The molecule has 0 spiro atoms. The Hall–Kier alpha value is -3.61. The number of fused-ring (bicyclic) bond motifs is 2. The molecule has 8 nitrogen and oxygen atoms in total. The number of halogens is 4. The highest BCUT2D eigenvalue weighted by Gasteiger charge is 2.36. The van der Waals surface area contributed by atoms with Crippen LogP contribution in [0.25, 0.3) is 32.1 Å². The van der Waals surface area contributed by atoms with Crippen LogP contribution in [0.3, 0.4) is 0 Å². The maximum absolute atomic E-state index is 16.5. The molecule has 0 unspecified atom stereocenters. The number of thiophene rings is 1. The molecule has 1 aliphatic rings. The molecule has 4 aromatic rings. The number of nitrogens with one attached hydrogen (secondary N) is 1. The van der Waals surface area contributed by atoms with Gasteiger partial charge in [0.05, 0.1) is 28.8 Å². The fourth-order valence-electron chi connectivity index (χ4n) is 5.34. The standard InChI is InChI=1S/C31H32ClF3N4O4S/c1-30(2,3)43-29(40)36-22-12-17-21(44-22)8-7-20(34)23(17)24-19(32)11-18-26(25(24)35)37-28(38-27(18)41-6)42-15-31(4)14-39(5)10-9-16(31)13-33/h7-8,11-13H,9-10,14-15H2,1-6H3,(H,36,40)/b16-13+/t31-/m0/s1.